The van der Waals surface area contributed by atoms with Gasteiger partial charge < -0.3 is 14.4 Å². The lowest BCUT2D eigenvalue weighted by molar-refractivity contribution is -0.132. The van der Waals surface area contributed by atoms with E-state index in [0.717, 1.165) is 6.42 Å². The molecule has 0 radical (unpaired) electrons. The van der Waals surface area contributed by atoms with Crippen LogP contribution >= 0.6 is 0 Å². The third kappa shape index (κ3) is 3.72. The molecular formula is C16H17N3O3. The summed E-state index contributed by atoms with van der Waals surface area (Å²) in [5.41, 5.74) is 0. The molecule has 0 spiro atoms. The fourth-order valence-electron chi connectivity index (χ4n) is 2.32. The third-order valence-electron chi connectivity index (χ3n) is 3.45. The van der Waals surface area contributed by atoms with Crippen LogP contribution < -0.4 is 9.47 Å². The van der Waals surface area contributed by atoms with E-state index in [1.165, 1.54) is 6.33 Å². The minimum absolute atomic E-state index is 0.0300. The molecule has 2 aromatic rings. The first-order valence-electron chi connectivity index (χ1n) is 7.19. The second kappa shape index (κ2) is 6.89. The van der Waals surface area contributed by atoms with Crippen LogP contribution in [0.15, 0.2) is 48.9 Å². The van der Waals surface area contributed by atoms with Gasteiger partial charge in [0.05, 0.1) is 6.54 Å². The molecule has 0 aliphatic carbocycles. The summed E-state index contributed by atoms with van der Waals surface area (Å²) in [5.74, 6) is 1.20. The molecule has 1 atom stereocenters. The summed E-state index contributed by atoms with van der Waals surface area (Å²) in [7, 11) is 0. The number of carbonyl (C=O) groups excluding carboxylic acids is 1. The Labute approximate surface area is 128 Å². The largest absolute Gasteiger partial charge is 0.484 e. The van der Waals surface area contributed by atoms with Crippen molar-refractivity contribution in [2.45, 2.75) is 12.5 Å². The molecular weight excluding hydrogens is 282 g/mol. The highest BCUT2D eigenvalue weighted by molar-refractivity contribution is 5.78. The average Bonchev–Trinajstić information content (AvgIpc) is 3.03. The first-order chi connectivity index (χ1) is 10.8. The van der Waals surface area contributed by atoms with Crippen molar-refractivity contribution in [1.82, 2.24) is 14.9 Å². The number of hydrogen-bond donors (Lipinski definition) is 0. The van der Waals surface area contributed by atoms with Gasteiger partial charge in [-0.25, -0.2) is 9.97 Å². The van der Waals surface area contributed by atoms with Crippen LogP contribution in [0, 0.1) is 0 Å². The number of benzene rings is 1. The Morgan fingerprint density at radius 2 is 2.14 bits per heavy atom. The Balaban J connectivity index is 1.46. The van der Waals surface area contributed by atoms with E-state index >= 15 is 0 Å². The van der Waals surface area contributed by atoms with Crippen LogP contribution in [0.5, 0.6) is 11.6 Å². The van der Waals surface area contributed by atoms with E-state index in [9.17, 15) is 4.79 Å². The number of rotatable bonds is 5. The fraction of sp³-hybridized carbons (Fsp3) is 0.312. The van der Waals surface area contributed by atoms with E-state index in [1.54, 1.807) is 17.2 Å². The van der Waals surface area contributed by atoms with Gasteiger partial charge in [-0.15, -0.1) is 0 Å². The molecule has 6 nitrogen and oxygen atoms in total. The lowest BCUT2D eigenvalue weighted by atomic mass is 10.3. The van der Waals surface area contributed by atoms with Gasteiger partial charge in [-0.1, -0.05) is 18.2 Å². The van der Waals surface area contributed by atoms with Crippen LogP contribution in [0.3, 0.4) is 0 Å². The lowest BCUT2D eigenvalue weighted by Crippen LogP contribution is -2.34. The number of ether oxygens (including phenoxy) is 2. The van der Waals surface area contributed by atoms with Gasteiger partial charge in [0, 0.05) is 25.2 Å². The van der Waals surface area contributed by atoms with E-state index in [0.29, 0.717) is 24.7 Å². The van der Waals surface area contributed by atoms with E-state index < -0.39 is 0 Å². The number of para-hydroxylation sites is 1. The zero-order valence-corrected chi connectivity index (χ0v) is 12.1. The summed E-state index contributed by atoms with van der Waals surface area (Å²) >= 11 is 0. The number of amides is 1. The summed E-state index contributed by atoms with van der Waals surface area (Å²) in [6.07, 6.45) is 3.84. The number of aromatic nitrogens is 2. The summed E-state index contributed by atoms with van der Waals surface area (Å²) in [6.45, 7) is 1.28. The molecule has 1 amide bonds. The summed E-state index contributed by atoms with van der Waals surface area (Å²) in [4.78, 5) is 21.8. The molecule has 6 heteroatoms. The molecule has 114 valence electrons. The van der Waals surface area contributed by atoms with Crippen LogP contribution in [0.25, 0.3) is 0 Å². The second-order valence-corrected chi connectivity index (χ2v) is 5.02. The highest BCUT2D eigenvalue weighted by atomic mass is 16.5. The summed E-state index contributed by atoms with van der Waals surface area (Å²) in [5, 5.41) is 0. The first-order valence-corrected chi connectivity index (χ1v) is 7.19. The molecule has 3 rings (SSSR count). The normalized spacial score (nSPS) is 17.3. The molecule has 0 unspecified atom stereocenters. The highest BCUT2D eigenvalue weighted by Crippen LogP contribution is 2.16. The molecule has 1 aliphatic heterocycles. The topological polar surface area (TPSA) is 64.5 Å². The molecule has 0 N–H and O–H groups in total. The Hall–Kier alpha value is -2.63. The second-order valence-electron chi connectivity index (χ2n) is 5.02. The highest BCUT2D eigenvalue weighted by Gasteiger charge is 2.28. The van der Waals surface area contributed by atoms with Crippen molar-refractivity contribution in [2.75, 3.05) is 19.7 Å². The predicted molar refractivity (Wildman–Crippen MR) is 79.6 cm³/mol. The van der Waals surface area contributed by atoms with Crippen LogP contribution in [0.2, 0.25) is 0 Å². The minimum atomic E-state index is -0.0319. The van der Waals surface area contributed by atoms with E-state index in [-0.39, 0.29) is 18.6 Å². The standard InChI is InChI=1S/C16H17N3O3/c20-16(11-21-13-4-2-1-3-5-13)19-9-7-14(10-19)22-15-6-8-17-12-18-15/h1-6,8,12,14H,7,9-11H2/t14-/m0/s1. The molecule has 1 aliphatic rings. The van der Waals surface area contributed by atoms with Crippen molar-refractivity contribution in [2.24, 2.45) is 0 Å². The Bertz CT molecular complexity index is 607. The molecule has 2 heterocycles. The average molecular weight is 299 g/mol. The molecule has 1 aromatic carbocycles. The van der Waals surface area contributed by atoms with Gasteiger partial charge >= 0.3 is 0 Å². The molecule has 22 heavy (non-hydrogen) atoms. The number of carbonyl (C=O) groups is 1. The zero-order chi connectivity index (χ0) is 15.2. The Kier molecular flexibility index (Phi) is 4.48. The third-order valence-corrected chi connectivity index (χ3v) is 3.45. The smallest absolute Gasteiger partial charge is 0.260 e. The van der Waals surface area contributed by atoms with Crippen LogP contribution in [0.4, 0.5) is 0 Å². The van der Waals surface area contributed by atoms with Gasteiger partial charge in [0.2, 0.25) is 5.88 Å². The van der Waals surface area contributed by atoms with Crippen LogP contribution in [-0.4, -0.2) is 46.6 Å². The van der Waals surface area contributed by atoms with Crippen molar-refractivity contribution in [3.8, 4) is 11.6 Å². The molecule has 1 saturated heterocycles. The Morgan fingerprint density at radius 1 is 1.27 bits per heavy atom. The SMILES string of the molecule is O=C(COc1ccccc1)N1CC[C@H](Oc2ccncn2)C1. The summed E-state index contributed by atoms with van der Waals surface area (Å²) in [6, 6.07) is 11.0. The predicted octanol–water partition coefficient (Wildman–Crippen LogP) is 1.54. The fourth-order valence-corrected chi connectivity index (χ4v) is 2.32. The number of likely N-dealkylation sites (tertiary alicyclic amines) is 1. The van der Waals surface area contributed by atoms with Crippen LogP contribution in [0.1, 0.15) is 6.42 Å². The van der Waals surface area contributed by atoms with Crippen molar-refractivity contribution in [1.29, 1.82) is 0 Å². The van der Waals surface area contributed by atoms with Crippen molar-refractivity contribution in [3.63, 3.8) is 0 Å². The number of hydrogen-bond acceptors (Lipinski definition) is 5. The summed E-state index contributed by atoms with van der Waals surface area (Å²) < 4.78 is 11.2. The monoisotopic (exact) mass is 299 g/mol. The van der Waals surface area contributed by atoms with Crippen molar-refractivity contribution in [3.05, 3.63) is 48.9 Å². The van der Waals surface area contributed by atoms with Crippen molar-refractivity contribution < 1.29 is 14.3 Å². The first kappa shape index (κ1) is 14.3. The minimum Gasteiger partial charge on any atom is -0.484 e. The van der Waals surface area contributed by atoms with Gasteiger partial charge in [-0.05, 0) is 12.1 Å². The van der Waals surface area contributed by atoms with Gasteiger partial charge in [0.15, 0.2) is 6.61 Å². The van der Waals surface area contributed by atoms with E-state index in [4.69, 9.17) is 9.47 Å². The molecule has 1 fully saturated rings. The molecule has 0 saturated carbocycles. The quantitative estimate of drug-likeness (QED) is 0.838. The van der Waals surface area contributed by atoms with Crippen molar-refractivity contribution >= 4 is 5.91 Å². The van der Waals surface area contributed by atoms with Gasteiger partial charge in [0.1, 0.15) is 18.2 Å². The molecule has 1 aromatic heterocycles. The molecule has 0 bridgehead atoms. The maximum Gasteiger partial charge on any atom is 0.260 e. The number of nitrogens with zero attached hydrogens (tertiary/aromatic N) is 3. The van der Waals surface area contributed by atoms with E-state index in [1.807, 2.05) is 30.3 Å². The van der Waals surface area contributed by atoms with Crippen LogP contribution in [-0.2, 0) is 4.79 Å². The zero-order valence-electron chi connectivity index (χ0n) is 12.1. The maximum atomic E-state index is 12.1. The van der Waals surface area contributed by atoms with E-state index in [2.05, 4.69) is 9.97 Å². The Morgan fingerprint density at radius 3 is 2.91 bits per heavy atom. The maximum absolute atomic E-state index is 12.1. The van der Waals surface area contributed by atoms with Gasteiger partial charge in [-0.3, -0.25) is 4.79 Å². The van der Waals surface area contributed by atoms with Gasteiger partial charge in [0.25, 0.3) is 5.91 Å². The lowest BCUT2D eigenvalue weighted by Gasteiger charge is -2.17. The van der Waals surface area contributed by atoms with Gasteiger partial charge in [-0.2, -0.15) is 0 Å².